The third kappa shape index (κ3) is 2.82. The maximum Gasteiger partial charge on any atom is 0.243 e. The van der Waals surface area contributed by atoms with Crippen LogP contribution in [0.5, 0.6) is 0 Å². The Bertz CT molecular complexity index is 676. The van der Waals surface area contributed by atoms with Crippen molar-refractivity contribution in [2.24, 2.45) is 0 Å². The summed E-state index contributed by atoms with van der Waals surface area (Å²) in [4.78, 5) is 0.319. The highest BCUT2D eigenvalue weighted by Gasteiger charge is 2.38. The van der Waals surface area contributed by atoms with Gasteiger partial charge in [-0.15, -0.1) is 0 Å². The summed E-state index contributed by atoms with van der Waals surface area (Å²) >= 11 is 3.32. The molecule has 1 aromatic carbocycles. The number of sulfonamides is 1. The molecule has 3 rings (SSSR count). The van der Waals surface area contributed by atoms with E-state index in [4.69, 9.17) is 4.42 Å². The quantitative estimate of drug-likeness (QED) is 0.825. The number of halogens is 1. The molecule has 1 heterocycles. The zero-order valence-electron chi connectivity index (χ0n) is 10.7. The van der Waals surface area contributed by atoms with Gasteiger partial charge in [0, 0.05) is 10.5 Å². The van der Waals surface area contributed by atoms with Gasteiger partial charge in [-0.2, -0.15) is 4.31 Å². The molecule has 6 heteroatoms. The summed E-state index contributed by atoms with van der Waals surface area (Å²) in [5, 5.41) is 0. The number of rotatable bonds is 5. The van der Waals surface area contributed by atoms with Crippen molar-refractivity contribution in [2.45, 2.75) is 30.3 Å². The molecule has 0 unspecified atom stereocenters. The first kappa shape index (κ1) is 13.9. The van der Waals surface area contributed by atoms with E-state index in [2.05, 4.69) is 15.9 Å². The van der Waals surface area contributed by atoms with E-state index in [-0.39, 0.29) is 12.6 Å². The largest absolute Gasteiger partial charge is 0.468 e. The molecule has 0 amide bonds. The molecule has 20 heavy (non-hydrogen) atoms. The normalized spacial score (nSPS) is 15.7. The minimum atomic E-state index is -3.48. The van der Waals surface area contributed by atoms with Crippen molar-refractivity contribution in [1.82, 2.24) is 4.31 Å². The molecule has 1 aliphatic carbocycles. The Kier molecular flexibility index (Phi) is 3.70. The van der Waals surface area contributed by atoms with Crippen LogP contribution in [0.1, 0.15) is 18.6 Å². The maximum atomic E-state index is 12.7. The molecule has 0 saturated heterocycles. The summed E-state index contributed by atoms with van der Waals surface area (Å²) < 4.78 is 33.1. The summed E-state index contributed by atoms with van der Waals surface area (Å²) in [6.45, 7) is 0.288. The number of hydrogen-bond donors (Lipinski definition) is 0. The van der Waals surface area contributed by atoms with Gasteiger partial charge in [0.1, 0.15) is 5.76 Å². The van der Waals surface area contributed by atoms with Crippen molar-refractivity contribution in [3.8, 4) is 0 Å². The predicted molar refractivity (Wildman–Crippen MR) is 78.6 cm³/mol. The van der Waals surface area contributed by atoms with Crippen LogP contribution in [0.3, 0.4) is 0 Å². The zero-order chi connectivity index (χ0) is 14.2. The van der Waals surface area contributed by atoms with Crippen LogP contribution >= 0.6 is 15.9 Å². The number of hydrogen-bond acceptors (Lipinski definition) is 3. The fourth-order valence-corrected chi connectivity index (χ4v) is 3.99. The van der Waals surface area contributed by atoms with Gasteiger partial charge in [-0.25, -0.2) is 8.42 Å². The van der Waals surface area contributed by atoms with E-state index in [0.29, 0.717) is 10.7 Å². The predicted octanol–water partition coefficient (Wildman–Crippen LogP) is 3.40. The lowest BCUT2D eigenvalue weighted by Gasteiger charge is -2.20. The second-order valence-corrected chi connectivity index (χ2v) is 7.62. The van der Waals surface area contributed by atoms with Crippen molar-refractivity contribution in [3.63, 3.8) is 0 Å². The van der Waals surface area contributed by atoms with Crippen molar-refractivity contribution in [3.05, 3.63) is 52.9 Å². The molecule has 0 bridgehead atoms. The number of furan rings is 1. The van der Waals surface area contributed by atoms with Gasteiger partial charge in [0.25, 0.3) is 0 Å². The Labute approximate surface area is 126 Å². The molecule has 4 nitrogen and oxygen atoms in total. The van der Waals surface area contributed by atoms with Gasteiger partial charge in [0.05, 0.1) is 17.7 Å². The highest BCUT2D eigenvalue weighted by molar-refractivity contribution is 9.10. The van der Waals surface area contributed by atoms with Gasteiger partial charge in [-0.05, 0) is 49.2 Å². The number of benzene rings is 1. The standard InChI is InChI=1S/C14H14BrNO3S/c15-11-3-7-14(8-4-11)20(17,18)16(12-5-6-12)10-13-2-1-9-19-13/h1-4,7-9,12H,5-6,10H2. The van der Waals surface area contributed by atoms with E-state index in [9.17, 15) is 8.42 Å². The van der Waals surface area contributed by atoms with Gasteiger partial charge in [0.2, 0.25) is 10.0 Å². The molecule has 0 atom stereocenters. The van der Waals surface area contributed by atoms with E-state index in [0.717, 1.165) is 17.3 Å². The van der Waals surface area contributed by atoms with Crippen molar-refractivity contribution in [2.75, 3.05) is 0 Å². The van der Waals surface area contributed by atoms with Gasteiger partial charge in [0.15, 0.2) is 0 Å². The second-order valence-electron chi connectivity index (χ2n) is 4.81. The van der Waals surface area contributed by atoms with Crippen LogP contribution in [-0.4, -0.2) is 18.8 Å². The Hall–Kier alpha value is -1.11. The zero-order valence-corrected chi connectivity index (χ0v) is 13.1. The fraction of sp³-hybridized carbons (Fsp3) is 0.286. The third-order valence-electron chi connectivity index (χ3n) is 3.27. The summed E-state index contributed by atoms with van der Waals surface area (Å²) in [7, 11) is -3.48. The van der Waals surface area contributed by atoms with E-state index >= 15 is 0 Å². The molecule has 1 aliphatic rings. The maximum absolute atomic E-state index is 12.7. The van der Waals surface area contributed by atoms with E-state index in [1.165, 1.54) is 4.31 Å². The summed E-state index contributed by atoms with van der Waals surface area (Å²) in [5.41, 5.74) is 0. The number of nitrogens with zero attached hydrogens (tertiary/aromatic N) is 1. The molecule has 0 aliphatic heterocycles. The summed E-state index contributed by atoms with van der Waals surface area (Å²) in [6, 6.07) is 10.4. The van der Waals surface area contributed by atoms with Crippen LogP contribution in [0.15, 0.2) is 56.4 Å². The van der Waals surface area contributed by atoms with E-state index < -0.39 is 10.0 Å². The molecule has 1 saturated carbocycles. The molecule has 2 aromatic rings. The fourth-order valence-electron chi connectivity index (χ4n) is 2.07. The van der Waals surface area contributed by atoms with Crippen molar-refractivity contribution in [1.29, 1.82) is 0 Å². The lowest BCUT2D eigenvalue weighted by atomic mass is 10.4. The van der Waals surface area contributed by atoms with Crippen LogP contribution in [0.4, 0.5) is 0 Å². The Morgan fingerprint density at radius 3 is 2.45 bits per heavy atom. The van der Waals surface area contributed by atoms with E-state index in [1.54, 1.807) is 42.7 Å². The third-order valence-corrected chi connectivity index (χ3v) is 5.71. The molecule has 0 spiro atoms. The van der Waals surface area contributed by atoms with Crippen LogP contribution in [0, 0.1) is 0 Å². The Balaban J connectivity index is 1.91. The highest BCUT2D eigenvalue weighted by atomic mass is 79.9. The highest BCUT2D eigenvalue weighted by Crippen LogP contribution is 2.33. The van der Waals surface area contributed by atoms with Crippen LogP contribution < -0.4 is 0 Å². The summed E-state index contributed by atoms with van der Waals surface area (Å²) in [6.07, 6.45) is 3.39. The van der Waals surface area contributed by atoms with Crippen molar-refractivity contribution >= 4 is 26.0 Å². The SMILES string of the molecule is O=S(=O)(c1ccc(Br)cc1)N(Cc1ccco1)C1CC1. The average Bonchev–Trinajstić information content (AvgIpc) is 3.12. The molecular weight excluding hydrogens is 342 g/mol. The molecule has 1 aromatic heterocycles. The average molecular weight is 356 g/mol. The lowest BCUT2D eigenvalue weighted by molar-refractivity contribution is 0.356. The molecular formula is C14H14BrNO3S. The van der Waals surface area contributed by atoms with E-state index in [1.807, 2.05) is 0 Å². The molecule has 106 valence electrons. The smallest absolute Gasteiger partial charge is 0.243 e. The Morgan fingerprint density at radius 2 is 1.90 bits per heavy atom. The Morgan fingerprint density at radius 1 is 1.20 bits per heavy atom. The molecule has 0 radical (unpaired) electrons. The van der Waals surface area contributed by atoms with Gasteiger partial charge in [-0.3, -0.25) is 0 Å². The van der Waals surface area contributed by atoms with Gasteiger partial charge in [-0.1, -0.05) is 15.9 Å². The minimum absolute atomic E-state index is 0.0914. The second kappa shape index (κ2) is 5.35. The first-order chi connectivity index (χ1) is 9.57. The monoisotopic (exact) mass is 355 g/mol. The van der Waals surface area contributed by atoms with Crippen LogP contribution in [0.25, 0.3) is 0 Å². The first-order valence-electron chi connectivity index (χ1n) is 6.37. The molecule has 0 N–H and O–H groups in total. The van der Waals surface area contributed by atoms with Crippen molar-refractivity contribution < 1.29 is 12.8 Å². The van der Waals surface area contributed by atoms with Gasteiger partial charge < -0.3 is 4.42 Å². The van der Waals surface area contributed by atoms with Crippen LogP contribution in [0.2, 0.25) is 0 Å². The van der Waals surface area contributed by atoms with Crippen LogP contribution in [-0.2, 0) is 16.6 Å². The molecule has 1 fully saturated rings. The minimum Gasteiger partial charge on any atom is -0.468 e. The van der Waals surface area contributed by atoms with Gasteiger partial charge >= 0.3 is 0 Å². The first-order valence-corrected chi connectivity index (χ1v) is 8.60. The lowest BCUT2D eigenvalue weighted by Crippen LogP contribution is -2.32. The topological polar surface area (TPSA) is 50.5 Å². The summed E-state index contributed by atoms with van der Waals surface area (Å²) in [5.74, 6) is 0.664.